The van der Waals surface area contributed by atoms with Crippen LogP contribution in [0.15, 0.2) is 0 Å². The molecule has 114 valence electrons. The van der Waals surface area contributed by atoms with Crippen molar-refractivity contribution in [1.82, 2.24) is 15.1 Å². The largest absolute Gasteiger partial charge is 0.480 e. The minimum absolute atomic E-state index is 0.209. The third-order valence-corrected chi connectivity index (χ3v) is 3.95. The van der Waals surface area contributed by atoms with Crippen molar-refractivity contribution < 1.29 is 19.5 Å². The Labute approximate surface area is 118 Å². The van der Waals surface area contributed by atoms with Gasteiger partial charge in [0, 0.05) is 20.6 Å². The van der Waals surface area contributed by atoms with E-state index in [4.69, 9.17) is 0 Å². The summed E-state index contributed by atoms with van der Waals surface area (Å²) in [4.78, 5) is 38.2. The number of hydrogen-bond donors (Lipinski definition) is 2. The molecular weight excluding hydrogens is 262 g/mol. The number of aliphatic carboxylic acids is 1. The van der Waals surface area contributed by atoms with Gasteiger partial charge in [0.2, 0.25) is 5.91 Å². The number of hydrogen-bond acceptors (Lipinski definition) is 3. The standard InChI is InChI=1S/C13H23N3O4/c1-13(2,11(18)19)15(4)12(20)16-8-6-5-7-9(16)10(17)14-3/h9H,5-8H2,1-4H3,(H,14,17)(H,18,19). The molecule has 7 heteroatoms. The van der Waals surface area contributed by atoms with Crippen LogP contribution in [0.1, 0.15) is 33.1 Å². The zero-order valence-corrected chi connectivity index (χ0v) is 12.5. The highest BCUT2D eigenvalue weighted by atomic mass is 16.4. The maximum atomic E-state index is 12.5. The molecule has 0 aromatic rings. The second kappa shape index (κ2) is 6.11. The second-order valence-corrected chi connectivity index (χ2v) is 5.52. The molecular formula is C13H23N3O4. The molecule has 7 nitrogen and oxygen atoms in total. The van der Waals surface area contributed by atoms with Gasteiger partial charge in [-0.25, -0.2) is 9.59 Å². The van der Waals surface area contributed by atoms with Crippen molar-refractivity contribution >= 4 is 17.9 Å². The van der Waals surface area contributed by atoms with E-state index in [1.807, 2.05) is 0 Å². The van der Waals surface area contributed by atoms with Gasteiger partial charge in [0.1, 0.15) is 11.6 Å². The Bertz CT molecular complexity index is 408. The van der Waals surface area contributed by atoms with Crippen molar-refractivity contribution in [2.75, 3.05) is 20.6 Å². The first-order chi connectivity index (χ1) is 9.23. The van der Waals surface area contributed by atoms with Gasteiger partial charge >= 0.3 is 12.0 Å². The van der Waals surface area contributed by atoms with Gasteiger partial charge in [-0.3, -0.25) is 4.79 Å². The molecule has 3 amide bonds. The Morgan fingerprint density at radius 1 is 1.30 bits per heavy atom. The number of likely N-dealkylation sites (tertiary alicyclic amines) is 1. The van der Waals surface area contributed by atoms with Gasteiger partial charge in [-0.2, -0.15) is 0 Å². The summed E-state index contributed by atoms with van der Waals surface area (Å²) in [5.41, 5.74) is -1.32. The number of carboxylic acids is 1. The predicted molar refractivity (Wildman–Crippen MR) is 73.3 cm³/mol. The van der Waals surface area contributed by atoms with Crippen LogP contribution < -0.4 is 5.32 Å². The number of likely N-dealkylation sites (N-methyl/N-ethyl adjacent to an activating group) is 2. The average Bonchev–Trinajstić information content (AvgIpc) is 2.44. The van der Waals surface area contributed by atoms with Crippen LogP contribution in [0.25, 0.3) is 0 Å². The monoisotopic (exact) mass is 285 g/mol. The number of piperidine rings is 1. The van der Waals surface area contributed by atoms with Crippen LogP contribution in [0.2, 0.25) is 0 Å². The molecule has 1 atom stereocenters. The van der Waals surface area contributed by atoms with E-state index in [0.717, 1.165) is 12.8 Å². The Balaban J connectivity index is 2.93. The highest BCUT2D eigenvalue weighted by Gasteiger charge is 2.40. The minimum Gasteiger partial charge on any atom is -0.480 e. The van der Waals surface area contributed by atoms with Crippen molar-refractivity contribution in [3.63, 3.8) is 0 Å². The van der Waals surface area contributed by atoms with Gasteiger partial charge in [-0.1, -0.05) is 0 Å². The summed E-state index contributed by atoms with van der Waals surface area (Å²) in [6, 6.07) is -0.945. The van der Waals surface area contributed by atoms with E-state index in [9.17, 15) is 19.5 Å². The number of carbonyl (C=O) groups is 3. The fourth-order valence-corrected chi connectivity index (χ4v) is 2.17. The van der Waals surface area contributed by atoms with E-state index >= 15 is 0 Å². The number of urea groups is 1. The minimum atomic E-state index is -1.32. The van der Waals surface area contributed by atoms with E-state index in [1.54, 1.807) is 0 Å². The quantitative estimate of drug-likeness (QED) is 0.790. The van der Waals surface area contributed by atoms with Gasteiger partial charge in [-0.15, -0.1) is 0 Å². The first kappa shape index (κ1) is 16.3. The van der Waals surface area contributed by atoms with Gasteiger partial charge in [-0.05, 0) is 33.1 Å². The molecule has 0 aliphatic carbocycles. The van der Waals surface area contributed by atoms with Crippen LogP contribution in [0.4, 0.5) is 4.79 Å². The van der Waals surface area contributed by atoms with Crippen LogP contribution in [-0.2, 0) is 9.59 Å². The Morgan fingerprint density at radius 3 is 2.40 bits per heavy atom. The number of nitrogens with zero attached hydrogens (tertiary/aromatic N) is 2. The molecule has 0 radical (unpaired) electrons. The van der Waals surface area contributed by atoms with E-state index in [0.29, 0.717) is 13.0 Å². The predicted octanol–water partition coefficient (Wildman–Crippen LogP) is 0.502. The molecule has 1 heterocycles. The third-order valence-electron chi connectivity index (χ3n) is 3.95. The van der Waals surface area contributed by atoms with Crippen molar-refractivity contribution in [3.8, 4) is 0 Å². The SMILES string of the molecule is CNC(=O)C1CCCCN1C(=O)N(C)C(C)(C)C(=O)O. The lowest BCUT2D eigenvalue weighted by atomic mass is 10.0. The summed E-state index contributed by atoms with van der Waals surface area (Å²) in [6.45, 7) is 3.40. The highest BCUT2D eigenvalue weighted by molar-refractivity contribution is 5.90. The molecule has 1 fully saturated rings. The molecule has 1 unspecified atom stereocenters. The zero-order valence-electron chi connectivity index (χ0n) is 12.5. The van der Waals surface area contributed by atoms with Gasteiger partial charge in [0.15, 0.2) is 0 Å². The van der Waals surface area contributed by atoms with Crippen molar-refractivity contribution in [1.29, 1.82) is 0 Å². The number of rotatable bonds is 3. The summed E-state index contributed by atoms with van der Waals surface area (Å²) < 4.78 is 0. The average molecular weight is 285 g/mol. The summed E-state index contributed by atoms with van der Waals surface area (Å²) >= 11 is 0. The lowest BCUT2D eigenvalue weighted by molar-refractivity contribution is -0.147. The number of amides is 3. The van der Waals surface area contributed by atoms with Gasteiger partial charge < -0.3 is 20.2 Å². The van der Waals surface area contributed by atoms with Gasteiger partial charge in [0.25, 0.3) is 0 Å². The molecule has 20 heavy (non-hydrogen) atoms. The van der Waals surface area contributed by atoms with E-state index in [1.165, 1.54) is 37.7 Å². The van der Waals surface area contributed by atoms with Crippen LogP contribution in [0.5, 0.6) is 0 Å². The number of nitrogens with one attached hydrogen (secondary N) is 1. The molecule has 1 saturated heterocycles. The molecule has 0 bridgehead atoms. The first-order valence-electron chi connectivity index (χ1n) is 6.73. The summed E-state index contributed by atoms with van der Waals surface area (Å²) in [6.07, 6.45) is 2.31. The summed E-state index contributed by atoms with van der Waals surface area (Å²) in [7, 11) is 2.98. The molecule has 1 rings (SSSR count). The normalized spacial score (nSPS) is 19.4. The Kier molecular flexibility index (Phi) is 4.97. The number of carboxylic acid groups (broad SMARTS) is 1. The van der Waals surface area contributed by atoms with Crippen LogP contribution in [0.3, 0.4) is 0 Å². The lowest BCUT2D eigenvalue weighted by Crippen LogP contribution is -2.60. The Hall–Kier alpha value is -1.79. The molecule has 2 N–H and O–H groups in total. The molecule has 0 aromatic carbocycles. The maximum absolute atomic E-state index is 12.5. The van der Waals surface area contributed by atoms with Crippen molar-refractivity contribution in [2.45, 2.75) is 44.7 Å². The molecule has 0 saturated carbocycles. The van der Waals surface area contributed by atoms with Crippen LogP contribution in [0, 0.1) is 0 Å². The van der Waals surface area contributed by atoms with E-state index < -0.39 is 23.6 Å². The molecule has 1 aliphatic heterocycles. The van der Waals surface area contributed by atoms with Gasteiger partial charge in [0.05, 0.1) is 0 Å². The topological polar surface area (TPSA) is 90.0 Å². The van der Waals surface area contributed by atoms with Crippen LogP contribution in [-0.4, -0.2) is 65.0 Å². The fraction of sp³-hybridized carbons (Fsp3) is 0.769. The van der Waals surface area contributed by atoms with Crippen molar-refractivity contribution in [2.24, 2.45) is 0 Å². The highest BCUT2D eigenvalue weighted by Crippen LogP contribution is 2.22. The van der Waals surface area contributed by atoms with E-state index in [2.05, 4.69) is 5.32 Å². The number of carbonyl (C=O) groups excluding carboxylic acids is 2. The Morgan fingerprint density at radius 2 is 1.90 bits per heavy atom. The van der Waals surface area contributed by atoms with E-state index in [-0.39, 0.29) is 5.91 Å². The first-order valence-corrected chi connectivity index (χ1v) is 6.73. The molecule has 0 aromatic heterocycles. The van der Waals surface area contributed by atoms with Crippen LogP contribution >= 0.6 is 0 Å². The second-order valence-electron chi connectivity index (χ2n) is 5.52. The lowest BCUT2D eigenvalue weighted by Gasteiger charge is -2.40. The third kappa shape index (κ3) is 3.02. The summed E-state index contributed by atoms with van der Waals surface area (Å²) in [5, 5.41) is 11.7. The summed E-state index contributed by atoms with van der Waals surface area (Å²) in [5.74, 6) is -1.29. The fourth-order valence-electron chi connectivity index (χ4n) is 2.17. The molecule has 1 aliphatic rings. The zero-order chi connectivity index (χ0) is 15.5. The maximum Gasteiger partial charge on any atom is 0.329 e. The smallest absolute Gasteiger partial charge is 0.329 e. The van der Waals surface area contributed by atoms with Crippen molar-refractivity contribution in [3.05, 3.63) is 0 Å². The molecule has 0 spiro atoms.